The van der Waals surface area contributed by atoms with Crippen LogP contribution in [0.25, 0.3) is 11.3 Å². The molecule has 1 aromatic heterocycles. The highest BCUT2D eigenvalue weighted by molar-refractivity contribution is 7.07. The number of alkyl halides is 3. The first-order chi connectivity index (χ1) is 14.9. The van der Waals surface area contributed by atoms with Crippen LogP contribution in [0.1, 0.15) is 18.1 Å². The molecule has 2 aromatic carbocycles. The maximum atomic E-state index is 13.3. The van der Waals surface area contributed by atoms with E-state index in [1.165, 1.54) is 40.4 Å². The summed E-state index contributed by atoms with van der Waals surface area (Å²) in [5.74, 6) is 0.289. The van der Waals surface area contributed by atoms with E-state index in [9.17, 15) is 18.0 Å². The summed E-state index contributed by atoms with van der Waals surface area (Å²) in [7, 11) is 0. The highest BCUT2D eigenvalue weighted by atomic mass is 32.1. The van der Waals surface area contributed by atoms with Gasteiger partial charge in [0.05, 0.1) is 23.2 Å². The normalized spacial score (nSPS) is 14.5. The molecule has 0 radical (unpaired) electrons. The van der Waals surface area contributed by atoms with Gasteiger partial charge in [0.25, 0.3) is 5.91 Å². The van der Waals surface area contributed by atoms with Crippen molar-refractivity contribution in [2.24, 2.45) is 10.1 Å². The van der Waals surface area contributed by atoms with E-state index >= 15 is 0 Å². The number of nitrogens with one attached hydrogen (secondary N) is 1. The van der Waals surface area contributed by atoms with E-state index in [2.05, 4.69) is 15.4 Å². The number of anilines is 1. The molecule has 1 aliphatic rings. The standard InChI is InChI=1S/C21H17F3N4O2S/c1-2-25-20-28(26-10-14-5-3-4-6-15(14)21(22,23)24)17(12-31-20)13-7-8-18-16(9-13)27-19(29)11-30-18/h3-10,12H,2,11H2,1H3,(H,27,29)/b25-20?,26-10-. The lowest BCUT2D eigenvalue weighted by molar-refractivity contribution is -0.137. The van der Waals surface area contributed by atoms with Crippen molar-refractivity contribution in [3.63, 3.8) is 0 Å². The molecule has 1 N–H and O–H groups in total. The number of rotatable bonds is 4. The van der Waals surface area contributed by atoms with Gasteiger partial charge in [-0.05, 0) is 31.2 Å². The number of hydrogen-bond donors (Lipinski definition) is 1. The molecule has 4 rings (SSSR count). The molecule has 160 valence electrons. The monoisotopic (exact) mass is 446 g/mol. The molecular formula is C21H17F3N4O2S. The maximum Gasteiger partial charge on any atom is 0.417 e. The molecule has 0 aliphatic carbocycles. The second-order valence-corrected chi connectivity index (χ2v) is 7.40. The minimum Gasteiger partial charge on any atom is -0.482 e. The summed E-state index contributed by atoms with van der Waals surface area (Å²) >= 11 is 1.32. The Morgan fingerprint density at radius 3 is 2.84 bits per heavy atom. The van der Waals surface area contributed by atoms with Gasteiger partial charge in [0.15, 0.2) is 6.61 Å². The first kappa shape index (κ1) is 20.9. The van der Waals surface area contributed by atoms with Crippen molar-refractivity contribution in [3.05, 3.63) is 63.8 Å². The van der Waals surface area contributed by atoms with Gasteiger partial charge in [0, 0.05) is 23.1 Å². The fraction of sp³-hybridized carbons (Fsp3) is 0.190. The van der Waals surface area contributed by atoms with Gasteiger partial charge in [-0.3, -0.25) is 9.79 Å². The van der Waals surface area contributed by atoms with Gasteiger partial charge in [-0.25, -0.2) is 4.68 Å². The lowest BCUT2D eigenvalue weighted by Crippen LogP contribution is -2.25. The third-order valence-electron chi connectivity index (χ3n) is 4.47. The molecule has 3 aromatic rings. The molecule has 1 amide bonds. The van der Waals surface area contributed by atoms with Gasteiger partial charge in [-0.15, -0.1) is 11.3 Å². The molecule has 0 atom stereocenters. The number of halogens is 3. The Hall–Kier alpha value is -3.40. The SMILES string of the molecule is CCN=c1scc(-c2ccc3c(c2)NC(=O)CO3)n1/N=C\c1ccccc1C(F)(F)F. The summed E-state index contributed by atoms with van der Waals surface area (Å²) in [6, 6.07) is 10.5. The quantitative estimate of drug-likeness (QED) is 0.605. The molecule has 2 heterocycles. The number of thiazole rings is 1. The zero-order chi connectivity index (χ0) is 22.0. The van der Waals surface area contributed by atoms with E-state index in [-0.39, 0.29) is 18.1 Å². The fourth-order valence-corrected chi connectivity index (χ4v) is 3.98. The maximum absolute atomic E-state index is 13.3. The number of amides is 1. The van der Waals surface area contributed by atoms with Gasteiger partial charge >= 0.3 is 6.18 Å². The molecule has 31 heavy (non-hydrogen) atoms. The van der Waals surface area contributed by atoms with E-state index in [4.69, 9.17) is 4.74 Å². The van der Waals surface area contributed by atoms with E-state index in [1.54, 1.807) is 18.2 Å². The Kier molecular flexibility index (Phi) is 5.64. The number of carbonyl (C=O) groups excluding carboxylic acids is 1. The number of carbonyl (C=O) groups is 1. The summed E-state index contributed by atoms with van der Waals surface area (Å²) in [6.07, 6.45) is -3.31. The zero-order valence-corrected chi connectivity index (χ0v) is 17.1. The van der Waals surface area contributed by atoms with E-state index in [0.29, 0.717) is 34.0 Å². The zero-order valence-electron chi connectivity index (χ0n) is 16.3. The molecule has 0 fully saturated rings. The Morgan fingerprint density at radius 1 is 1.26 bits per heavy atom. The van der Waals surface area contributed by atoms with Crippen molar-refractivity contribution >= 4 is 29.1 Å². The van der Waals surface area contributed by atoms with Crippen molar-refractivity contribution < 1.29 is 22.7 Å². The van der Waals surface area contributed by atoms with Crippen LogP contribution in [0.5, 0.6) is 5.75 Å². The first-order valence-corrected chi connectivity index (χ1v) is 10.2. The molecule has 6 nitrogen and oxygen atoms in total. The molecule has 0 unspecified atom stereocenters. The fourth-order valence-electron chi connectivity index (χ4n) is 3.08. The Morgan fingerprint density at radius 2 is 2.06 bits per heavy atom. The minimum atomic E-state index is -4.49. The van der Waals surface area contributed by atoms with E-state index < -0.39 is 11.7 Å². The van der Waals surface area contributed by atoms with Crippen LogP contribution in [-0.2, 0) is 11.0 Å². The van der Waals surface area contributed by atoms with Crippen LogP contribution in [0.2, 0.25) is 0 Å². The van der Waals surface area contributed by atoms with E-state index in [1.807, 2.05) is 12.3 Å². The summed E-state index contributed by atoms with van der Waals surface area (Å²) in [5, 5.41) is 8.88. The van der Waals surface area contributed by atoms with Crippen molar-refractivity contribution in [1.29, 1.82) is 0 Å². The number of nitrogens with zero attached hydrogens (tertiary/aromatic N) is 3. The first-order valence-electron chi connectivity index (χ1n) is 9.35. The number of fused-ring (bicyclic) bond motifs is 1. The topological polar surface area (TPSA) is 68.0 Å². The van der Waals surface area contributed by atoms with Crippen LogP contribution in [0.3, 0.4) is 0 Å². The average Bonchev–Trinajstić information content (AvgIpc) is 3.14. The second kappa shape index (κ2) is 8.38. The number of hydrogen-bond acceptors (Lipinski definition) is 5. The van der Waals surface area contributed by atoms with Crippen LogP contribution in [0.15, 0.2) is 57.9 Å². The number of aromatic nitrogens is 1. The van der Waals surface area contributed by atoms with Crippen LogP contribution < -0.4 is 14.9 Å². The Balaban J connectivity index is 1.79. The molecule has 0 saturated carbocycles. The Bertz CT molecular complexity index is 1230. The number of benzene rings is 2. The van der Waals surface area contributed by atoms with Gasteiger partial charge in [0.1, 0.15) is 5.75 Å². The lowest BCUT2D eigenvalue weighted by Gasteiger charge is -2.18. The highest BCUT2D eigenvalue weighted by Gasteiger charge is 2.32. The lowest BCUT2D eigenvalue weighted by atomic mass is 10.1. The predicted molar refractivity (Wildman–Crippen MR) is 112 cm³/mol. The molecular weight excluding hydrogens is 429 g/mol. The molecule has 10 heteroatoms. The smallest absolute Gasteiger partial charge is 0.417 e. The minimum absolute atomic E-state index is 0.0480. The number of ether oxygens (including phenoxy) is 1. The van der Waals surface area contributed by atoms with Crippen LogP contribution in [0.4, 0.5) is 18.9 Å². The molecule has 0 spiro atoms. The van der Waals surface area contributed by atoms with Gasteiger partial charge in [-0.1, -0.05) is 18.2 Å². The molecule has 0 bridgehead atoms. The predicted octanol–water partition coefficient (Wildman–Crippen LogP) is 4.37. The van der Waals surface area contributed by atoms with Crippen LogP contribution in [-0.4, -0.2) is 29.9 Å². The highest BCUT2D eigenvalue weighted by Crippen LogP contribution is 2.33. The molecule has 1 aliphatic heterocycles. The molecule has 0 saturated heterocycles. The summed E-state index contributed by atoms with van der Waals surface area (Å²) in [4.78, 5) is 16.6. The van der Waals surface area contributed by atoms with Crippen molar-refractivity contribution in [2.45, 2.75) is 13.1 Å². The van der Waals surface area contributed by atoms with Gasteiger partial charge in [0.2, 0.25) is 4.80 Å². The van der Waals surface area contributed by atoms with Crippen LogP contribution in [0, 0.1) is 0 Å². The Labute approximate surface area is 179 Å². The van der Waals surface area contributed by atoms with Crippen molar-refractivity contribution in [2.75, 3.05) is 18.5 Å². The third-order valence-corrected chi connectivity index (χ3v) is 5.32. The van der Waals surface area contributed by atoms with Crippen molar-refractivity contribution in [3.8, 4) is 17.0 Å². The summed E-state index contributed by atoms with van der Waals surface area (Å²) in [5.41, 5.74) is 1.04. The average molecular weight is 446 g/mol. The summed E-state index contributed by atoms with van der Waals surface area (Å²) in [6.45, 7) is 2.30. The van der Waals surface area contributed by atoms with Crippen LogP contribution >= 0.6 is 11.3 Å². The van der Waals surface area contributed by atoms with Gasteiger partial charge in [-0.2, -0.15) is 18.3 Å². The third kappa shape index (κ3) is 4.38. The summed E-state index contributed by atoms with van der Waals surface area (Å²) < 4.78 is 46.8. The second-order valence-electron chi connectivity index (χ2n) is 6.57. The van der Waals surface area contributed by atoms with Gasteiger partial charge < -0.3 is 10.1 Å². The largest absolute Gasteiger partial charge is 0.482 e. The van der Waals surface area contributed by atoms with E-state index in [0.717, 1.165) is 6.07 Å². The van der Waals surface area contributed by atoms with Crippen molar-refractivity contribution in [1.82, 2.24) is 4.68 Å².